The fourth-order valence-corrected chi connectivity index (χ4v) is 8.69. The van der Waals surface area contributed by atoms with E-state index in [1.807, 2.05) is 35.8 Å². The zero-order valence-electron chi connectivity index (χ0n) is 29.2. The average Bonchev–Trinajstić information content (AvgIpc) is 3.95. The number of likely N-dealkylation sites (N-methyl/N-ethyl adjacent to an activating group) is 1. The molecular formula is C38H47FN6O5S. The number of fused-ring (bicyclic) bond motifs is 1. The van der Waals surface area contributed by atoms with Crippen molar-refractivity contribution in [1.29, 1.82) is 0 Å². The van der Waals surface area contributed by atoms with E-state index in [9.17, 15) is 23.6 Å². The molecule has 2 N–H and O–H groups in total. The summed E-state index contributed by atoms with van der Waals surface area (Å²) >= 11 is 1.81. The number of rotatable bonds is 13. The first kappa shape index (κ1) is 35.6. The van der Waals surface area contributed by atoms with Crippen LogP contribution in [0.1, 0.15) is 73.1 Å². The van der Waals surface area contributed by atoms with Crippen LogP contribution in [0.4, 0.5) is 10.1 Å². The highest BCUT2D eigenvalue weighted by Gasteiger charge is 2.31. The van der Waals surface area contributed by atoms with E-state index in [4.69, 9.17) is 4.74 Å². The van der Waals surface area contributed by atoms with Gasteiger partial charge in [-0.05, 0) is 101 Å². The number of thioether (sulfide) groups is 1. The van der Waals surface area contributed by atoms with Gasteiger partial charge in [0, 0.05) is 61.2 Å². The quantitative estimate of drug-likeness (QED) is 0.193. The van der Waals surface area contributed by atoms with Crippen molar-refractivity contribution in [2.75, 3.05) is 51.3 Å². The first-order valence-electron chi connectivity index (χ1n) is 18.3. The Hall–Kier alpha value is -3.81. The Kier molecular flexibility index (Phi) is 11.0. The van der Waals surface area contributed by atoms with Crippen LogP contribution in [0, 0.1) is 17.7 Å². The van der Waals surface area contributed by atoms with Crippen molar-refractivity contribution in [3.8, 4) is 5.75 Å². The number of anilines is 1. The number of aldehydes is 1. The van der Waals surface area contributed by atoms with Crippen molar-refractivity contribution in [3.63, 3.8) is 0 Å². The van der Waals surface area contributed by atoms with Gasteiger partial charge in [0.2, 0.25) is 11.8 Å². The Morgan fingerprint density at radius 1 is 1.00 bits per heavy atom. The summed E-state index contributed by atoms with van der Waals surface area (Å²) < 4.78 is 20.5. The molecule has 272 valence electrons. The zero-order valence-corrected chi connectivity index (χ0v) is 30.0. The van der Waals surface area contributed by atoms with Gasteiger partial charge in [-0.2, -0.15) is 11.8 Å². The molecule has 1 atom stereocenters. The topological polar surface area (TPSA) is 128 Å². The monoisotopic (exact) mass is 718 g/mol. The van der Waals surface area contributed by atoms with Gasteiger partial charge in [0.25, 0.3) is 5.56 Å². The number of likely N-dealkylation sites (tertiary alicyclic amines) is 1. The molecule has 0 bridgehead atoms. The molecule has 3 aromatic rings. The fourth-order valence-electron chi connectivity index (χ4n) is 7.61. The third kappa shape index (κ3) is 8.81. The number of piperidine rings is 3. The maximum atomic E-state index is 14.7. The molecule has 11 nitrogen and oxygen atoms in total. The number of carbonyl (C=O) groups is 3. The molecular weight excluding hydrogens is 672 g/mol. The lowest BCUT2D eigenvalue weighted by Crippen LogP contribution is -2.51. The van der Waals surface area contributed by atoms with Crippen LogP contribution < -0.4 is 20.5 Å². The molecule has 13 heteroatoms. The number of hydrogen-bond acceptors (Lipinski definition) is 10. The van der Waals surface area contributed by atoms with E-state index in [2.05, 4.69) is 31.2 Å². The molecule has 2 amide bonds. The average molecular weight is 719 g/mol. The molecule has 3 saturated heterocycles. The molecule has 1 aliphatic carbocycles. The summed E-state index contributed by atoms with van der Waals surface area (Å²) in [4.78, 5) is 62.8. The van der Waals surface area contributed by atoms with Crippen molar-refractivity contribution in [1.82, 2.24) is 25.1 Å². The van der Waals surface area contributed by atoms with Crippen LogP contribution in [-0.2, 0) is 21.9 Å². The molecule has 7 rings (SSSR count). The van der Waals surface area contributed by atoms with Gasteiger partial charge >= 0.3 is 0 Å². The van der Waals surface area contributed by atoms with Gasteiger partial charge in [0.1, 0.15) is 29.1 Å². The molecule has 1 unspecified atom stereocenters. The number of nitrogens with one attached hydrogen (secondary N) is 2. The number of carbonyl (C=O) groups excluding carboxylic acids is 3. The highest BCUT2D eigenvalue weighted by molar-refractivity contribution is 7.99. The number of hydrogen-bond donors (Lipinski definition) is 2. The molecule has 1 aromatic heterocycles. The number of aromatic amines is 1. The number of imide groups is 1. The van der Waals surface area contributed by atoms with Gasteiger partial charge in [-0.15, -0.1) is 0 Å². The first-order valence-corrected chi connectivity index (χ1v) is 19.3. The molecule has 3 aliphatic heterocycles. The van der Waals surface area contributed by atoms with Gasteiger partial charge < -0.3 is 19.5 Å². The lowest BCUT2D eigenvalue weighted by Gasteiger charge is -2.38. The largest absolute Gasteiger partial charge is 0.493 e. The SMILES string of the molecule is CN(Cc1cc(N2CCC(CN3CCC(SCc4nc5cc(OCC6CC6)cc(F)c5c(=O)[nH]4)CC3)CC2)ccc1C=O)C1CCC(=O)NC1=O. The van der Waals surface area contributed by atoms with Crippen molar-refractivity contribution in [3.05, 3.63) is 63.5 Å². The Morgan fingerprint density at radius 2 is 1.78 bits per heavy atom. The zero-order chi connectivity index (χ0) is 35.5. The minimum Gasteiger partial charge on any atom is -0.493 e. The van der Waals surface area contributed by atoms with Crippen LogP contribution in [0.2, 0.25) is 0 Å². The van der Waals surface area contributed by atoms with E-state index in [0.717, 1.165) is 88.8 Å². The van der Waals surface area contributed by atoms with Gasteiger partial charge in [0.05, 0.1) is 23.9 Å². The van der Waals surface area contributed by atoms with Crippen molar-refractivity contribution < 1.29 is 23.5 Å². The lowest BCUT2D eigenvalue weighted by atomic mass is 9.94. The number of amides is 2. The maximum Gasteiger partial charge on any atom is 0.261 e. The Balaban J connectivity index is 0.863. The van der Waals surface area contributed by atoms with Crippen molar-refractivity contribution in [2.45, 2.75) is 75.0 Å². The van der Waals surface area contributed by atoms with E-state index in [0.29, 0.717) is 71.5 Å². The lowest BCUT2D eigenvalue weighted by molar-refractivity contribution is -0.137. The minimum absolute atomic E-state index is 0.0166. The molecule has 0 spiro atoms. The molecule has 2 aromatic carbocycles. The summed E-state index contributed by atoms with van der Waals surface area (Å²) in [5.74, 6) is 1.64. The molecule has 4 heterocycles. The van der Waals surface area contributed by atoms with Gasteiger partial charge in [-0.3, -0.25) is 29.4 Å². The Bertz CT molecular complexity index is 1820. The third-order valence-corrected chi connectivity index (χ3v) is 12.3. The summed E-state index contributed by atoms with van der Waals surface area (Å²) in [6.45, 7) is 6.11. The number of nitrogens with zero attached hydrogens (tertiary/aromatic N) is 4. The van der Waals surface area contributed by atoms with Crippen LogP contribution in [0.5, 0.6) is 5.75 Å². The Labute approximate surface area is 301 Å². The van der Waals surface area contributed by atoms with E-state index < -0.39 is 17.4 Å². The molecule has 1 saturated carbocycles. The second-order valence-corrected chi connectivity index (χ2v) is 16.0. The highest BCUT2D eigenvalue weighted by Crippen LogP contribution is 2.32. The van der Waals surface area contributed by atoms with Crippen LogP contribution in [-0.4, -0.2) is 95.5 Å². The minimum atomic E-state index is -0.598. The normalized spacial score (nSPS) is 21.0. The second-order valence-electron chi connectivity index (χ2n) is 14.7. The summed E-state index contributed by atoms with van der Waals surface area (Å²) in [6, 6.07) is 8.54. The van der Waals surface area contributed by atoms with Gasteiger partial charge in [0.15, 0.2) is 0 Å². The summed E-state index contributed by atoms with van der Waals surface area (Å²) in [5.41, 5.74) is 2.50. The van der Waals surface area contributed by atoms with Crippen molar-refractivity contribution in [2.24, 2.45) is 11.8 Å². The molecule has 4 fully saturated rings. The first-order chi connectivity index (χ1) is 24.7. The van der Waals surface area contributed by atoms with Crippen molar-refractivity contribution >= 4 is 46.5 Å². The van der Waals surface area contributed by atoms with Gasteiger partial charge in [-0.1, -0.05) is 0 Å². The molecule has 0 radical (unpaired) electrons. The maximum absolute atomic E-state index is 14.7. The third-order valence-electron chi connectivity index (χ3n) is 10.9. The number of aromatic nitrogens is 2. The summed E-state index contributed by atoms with van der Waals surface area (Å²) in [6.07, 6.45) is 8.32. The smallest absolute Gasteiger partial charge is 0.261 e. The van der Waals surface area contributed by atoms with Crippen LogP contribution in [0.3, 0.4) is 0 Å². The summed E-state index contributed by atoms with van der Waals surface area (Å²) in [5, 5.41) is 2.88. The molecule has 51 heavy (non-hydrogen) atoms. The Morgan fingerprint density at radius 3 is 2.51 bits per heavy atom. The standard InChI is InChI=1S/C38H47FN6O5S/c1-43(33-6-7-35(47)42-37(33)48)20-27-16-28(5-4-26(27)21-46)45-14-8-24(9-15-45)19-44-12-10-30(11-13-44)51-23-34-40-32-18-29(50-22-25-2-3-25)17-31(39)36(32)38(49)41-34/h4-5,16-18,21,24-25,30,33H,2-3,6-15,19-20,22-23H2,1H3,(H,40,41,49)(H,42,47,48). The summed E-state index contributed by atoms with van der Waals surface area (Å²) in [7, 11) is 1.86. The van der Waals surface area contributed by atoms with Crippen LogP contribution >= 0.6 is 11.8 Å². The van der Waals surface area contributed by atoms with E-state index in [1.54, 1.807) is 6.07 Å². The van der Waals surface area contributed by atoms with E-state index in [-0.39, 0.29) is 17.2 Å². The fraction of sp³-hybridized carbons (Fsp3) is 0.553. The number of ether oxygens (including phenoxy) is 1. The second kappa shape index (κ2) is 15.8. The van der Waals surface area contributed by atoms with Crippen LogP contribution in [0.15, 0.2) is 35.1 Å². The number of halogens is 1. The number of H-pyrrole nitrogens is 1. The highest BCUT2D eigenvalue weighted by atomic mass is 32.2. The van der Waals surface area contributed by atoms with E-state index >= 15 is 0 Å². The molecule has 4 aliphatic rings. The predicted octanol–water partition coefficient (Wildman–Crippen LogP) is 4.51. The number of benzene rings is 2. The van der Waals surface area contributed by atoms with E-state index in [1.165, 1.54) is 6.07 Å². The van der Waals surface area contributed by atoms with Gasteiger partial charge in [-0.25, -0.2) is 9.37 Å². The predicted molar refractivity (Wildman–Crippen MR) is 196 cm³/mol. The van der Waals surface area contributed by atoms with Crippen LogP contribution in [0.25, 0.3) is 10.9 Å².